The van der Waals surface area contributed by atoms with Gasteiger partial charge in [0.2, 0.25) is 10.0 Å². The van der Waals surface area contributed by atoms with Crippen LogP contribution in [0.25, 0.3) is 0 Å². The molecule has 3 rings (SSSR count). The lowest BCUT2D eigenvalue weighted by atomic mass is 10.1. The molecule has 1 aliphatic heterocycles. The lowest BCUT2D eigenvalue weighted by Gasteiger charge is -2.20. The summed E-state index contributed by atoms with van der Waals surface area (Å²) in [5.74, 6) is -1.63. The van der Waals surface area contributed by atoms with Gasteiger partial charge in [0.1, 0.15) is 16.7 Å². The Labute approximate surface area is 153 Å². The lowest BCUT2D eigenvalue weighted by molar-refractivity contribution is -0.139. The van der Waals surface area contributed by atoms with E-state index in [2.05, 4.69) is 10.0 Å². The second-order valence-electron chi connectivity index (χ2n) is 5.42. The van der Waals surface area contributed by atoms with Crippen LogP contribution in [0.4, 0.5) is 5.69 Å². The number of carboxylic acid groups (broad SMARTS) is 1. The number of amides is 1. The zero-order valence-electron chi connectivity index (χ0n) is 13.1. The summed E-state index contributed by atoms with van der Waals surface area (Å²) in [5, 5.41) is 11.7. The summed E-state index contributed by atoms with van der Waals surface area (Å²) in [4.78, 5) is 22.5. The van der Waals surface area contributed by atoms with Crippen LogP contribution in [0.2, 0.25) is 5.02 Å². The number of anilines is 1. The number of halogens is 1. The molecule has 2 aromatic rings. The number of ether oxygens (including phenoxy) is 1. The van der Waals surface area contributed by atoms with Crippen molar-refractivity contribution in [1.29, 1.82) is 0 Å². The lowest BCUT2D eigenvalue weighted by Crippen LogP contribution is -2.34. The first-order valence-corrected chi connectivity index (χ1v) is 9.20. The standard InChI is InChI=1S/C16H13ClN2O6S/c17-10-6-11-12(25-8-14(20)18-11)7-13(10)26(23,24)19-15(16(21)22)9-4-2-1-3-5-9/h1-7,15,19H,8H2,(H,18,20)(H,21,22)/t15-/m0/s1. The zero-order chi connectivity index (χ0) is 18.9. The second-order valence-corrected chi connectivity index (χ2v) is 7.51. The Morgan fingerprint density at radius 2 is 1.96 bits per heavy atom. The van der Waals surface area contributed by atoms with Gasteiger partial charge in [0, 0.05) is 6.07 Å². The highest BCUT2D eigenvalue weighted by molar-refractivity contribution is 7.89. The molecular formula is C16H13ClN2O6S. The zero-order valence-corrected chi connectivity index (χ0v) is 14.7. The van der Waals surface area contributed by atoms with E-state index in [0.717, 1.165) is 6.07 Å². The number of carbonyl (C=O) groups excluding carboxylic acids is 1. The van der Waals surface area contributed by atoms with Crippen LogP contribution >= 0.6 is 11.6 Å². The normalized spacial score (nSPS) is 14.7. The van der Waals surface area contributed by atoms with Crippen LogP contribution in [0.3, 0.4) is 0 Å². The molecule has 136 valence electrons. The third-order valence-corrected chi connectivity index (χ3v) is 5.50. The Morgan fingerprint density at radius 1 is 1.27 bits per heavy atom. The molecule has 0 saturated carbocycles. The van der Waals surface area contributed by atoms with E-state index in [1.165, 1.54) is 18.2 Å². The minimum atomic E-state index is -4.29. The van der Waals surface area contributed by atoms with Crippen molar-refractivity contribution in [2.75, 3.05) is 11.9 Å². The maximum absolute atomic E-state index is 12.7. The monoisotopic (exact) mass is 396 g/mol. The highest BCUT2D eigenvalue weighted by Gasteiger charge is 2.30. The molecular weight excluding hydrogens is 384 g/mol. The summed E-state index contributed by atoms with van der Waals surface area (Å²) in [6.07, 6.45) is 0. The molecule has 0 bridgehead atoms. The van der Waals surface area contributed by atoms with Crippen LogP contribution in [-0.2, 0) is 19.6 Å². The minimum Gasteiger partial charge on any atom is -0.482 e. The highest BCUT2D eigenvalue weighted by Crippen LogP contribution is 2.36. The summed E-state index contributed by atoms with van der Waals surface area (Å²) >= 11 is 6.03. The third kappa shape index (κ3) is 3.64. The molecule has 1 aliphatic rings. The van der Waals surface area contributed by atoms with Crippen LogP contribution in [-0.4, -0.2) is 32.0 Å². The van der Waals surface area contributed by atoms with Gasteiger partial charge in [-0.05, 0) is 11.6 Å². The number of rotatable bonds is 5. The fourth-order valence-electron chi connectivity index (χ4n) is 2.41. The van der Waals surface area contributed by atoms with Crippen LogP contribution < -0.4 is 14.8 Å². The van der Waals surface area contributed by atoms with Gasteiger partial charge >= 0.3 is 5.97 Å². The first-order valence-electron chi connectivity index (χ1n) is 7.34. The summed E-state index contributed by atoms with van der Waals surface area (Å²) in [7, 11) is -4.29. The van der Waals surface area contributed by atoms with Crippen molar-refractivity contribution in [2.24, 2.45) is 0 Å². The second kappa shape index (κ2) is 6.94. The summed E-state index contributed by atoms with van der Waals surface area (Å²) in [6.45, 7) is -0.261. The predicted octanol–water partition coefficient (Wildman–Crippen LogP) is 1.78. The molecule has 0 spiro atoms. The van der Waals surface area contributed by atoms with Gasteiger partial charge in [-0.15, -0.1) is 0 Å². The van der Waals surface area contributed by atoms with Crippen molar-refractivity contribution >= 4 is 39.2 Å². The number of carbonyl (C=O) groups is 2. The molecule has 2 aromatic carbocycles. The van der Waals surface area contributed by atoms with Crippen molar-refractivity contribution in [3.05, 3.63) is 53.1 Å². The summed E-state index contributed by atoms with van der Waals surface area (Å²) in [6, 6.07) is 8.76. The van der Waals surface area contributed by atoms with Crippen LogP contribution in [0, 0.1) is 0 Å². The Morgan fingerprint density at radius 3 is 2.62 bits per heavy atom. The Balaban J connectivity index is 1.97. The number of hydrogen-bond donors (Lipinski definition) is 3. The molecule has 1 amide bonds. The first kappa shape index (κ1) is 18.2. The van der Waals surface area contributed by atoms with Gasteiger partial charge in [0.05, 0.1) is 10.7 Å². The molecule has 10 heteroatoms. The Hall–Kier alpha value is -2.62. The van der Waals surface area contributed by atoms with Gasteiger partial charge in [0.15, 0.2) is 6.61 Å². The molecule has 0 aliphatic carbocycles. The van der Waals surface area contributed by atoms with Gasteiger partial charge in [-0.1, -0.05) is 41.9 Å². The number of nitrogens with one attached hydrogen (secondary N) is 2. The largest absolute Gasteiger partial charge is 0.482 e. The quantitative estimate of drug-likeness (QED) is 0.708. The Kier molecular flexibility index (Phi) is 4.86. The van der Waals surface area contributed by atoms with Crippen molar-refractivity contribution in [3.63, 3.8) is 0 Å². The van der Waals surface area contributed by atoms with E-state index in [9.17, 15) is 23.1 Å². The average molecular weight is 397 g/mol. The van der Waals surface area contributed by atoms with E-state index in [4.69, 9.17) is 16.3 Å². The van der Waals surface area contributed by atoms with Gasteiger partial charge in [0.25, 0.3) is 5.91 Å². The molecule has 1 heterocycles. The number of carboxylic acids is 1. The van der Waals surface area contributed by atoms with E-state index in [-0.39, 0.29) is 33.5 Å². The molecule has 26 heavy (non-hydrogen) atoms. The van der Waals surface area contributed by atoms with E-state index in [1.807, 2.05) is 0 Å². The van der Waals surface area contributed by atoms with E-state index >= 15 is 0 Å². The van der Waals surface area contributed by atoms with E-state index in [0.29, 0.717) is 0 Å². The van der Waals surface area contributed by atoms with Crippen LogP contribution in [0.5, 0.6) is 5.75 Å². The fourth-order valence-corrected chi connectivity index (χ4v) is 4.13. The number of sulfonamides is 1. The van der Waals surface area contributed by atoms with Crippen LogP contribution in [0.1, 0.15) is 11.6 Å². The number of fused-ring (bicyclic) bond motifs is 1. The Bertz CT molecular complexity index is 978. The fraction of sp³-hybridized carbons (Fsp3) is 0.125. The molecule has 0 radical (unpaired) electrons. The predicted molar refractivity (Wildman–Crippen MR) is 92.7 cm³/mol. The molecule has 0 aromatic heterocycles. The molecule has 0 fully saturated rings. The van der Waals surface area contributed by atoms with Crippen molar-refractivity contribution in [2.45, 2.75) is 10.9 Å². The van der Waals surface area contributed by atoms with E-state index < -0.39 is 27.9 Å². The minimum absolute atomic E-state index is 0.126. The maximum atomic E-state index is 12.7. The van der Waals surface area contributed by atoms with Crippen LogP contribution in [0.15, 0.2) is 47.4 Å². The van der Waals surface area contributed by atoms with Crippen molar-refractivity contribution in [3.8, 4) is 5.75 Å². The SMILES string of the molecule is O=C1COc2cc(S(=O)(=O)N[C@H](C(=O)O)c3ccccc3)c(Cl)cc2N1. The van der Waals surface area contributed by atoms with Crippen molar-refractivity contribution in [1.82, 2.24) is 4.72 Å². The van der Waals surface area contributed by atoms with Gasteiger partial charge in [-0.3, -0.25) is 9.59 Å². The van der Waals surface area contributed by atoms with Crippen molar-refractivity contribution < 1.29 is 27.9 Å². The first-order chi connectivity index (χ1) is 12.3. The number of hydrogen-bond acceptors (Lipinski definition) is 5. The topological polar surface area (TPSA) is 122 Å². The van der Waals surface area contributed by atoms with E-state index in [1.54, 1.807) is 18.2 Å². The smallest absolute Gasteiger partial charge is 0.326 e. The number of aliphatic carboxylic acids is 1. The van der Waals surface area contributed by atoms with Gasteiger partial charge < -0.3 is 15.2 Å². The highest BCUT2D eigenvalue weighted by atomic mass is 35.5. The van der Waals surface area contributed by atoms with Gasteiger partial charge in [-0.2, -0.15) is 4.72 Å². The third-order valence-electron chi connectivity index (χ3n) is 3.61. The van der Waals surface area contributed by atoms with Gasteiger partial charge in [-0.25, -0.2) is 8.42 Å². The summed E-state index contributed by atoms with van der Waals surface area (Å²) < 4.78 is 32.7. The molecule has 1 atom stereocenters. The molecule has 8 nitrogen and oxygen atoms in total. The summed E-state index contributed by atoms with van der Waals surface area (Å²) in [5.41, 5.74) is 0.504. The average Bonchev–Trinajstić information content (AvgIpc) is 2.59. The molecule has 3 N–H and O–H groups in total. The number of benzene rings is 2. The molecule has 0 unspecified atom stereocenters. The maximum Gasteiger partial charge on any atom is 0.326 e. The molecule has 0 saturated heterocycles.